The second-order valence-electron chi connectivity index (χ2n) is 4.48. The van der Waals surface area contributed by atoms with Crippen molar-refractivity contribution in [1.29, 1.82) is 0 Å². The Morgan fingerprint density at radius 3 is 2.56 bits per heavy atom. The molecule has 0 radical (unpaired) electrons. The molecule has 2 aromatic heterocycles. The summed E-state index contributed by atoms with van der Waals surface area (Å²) in [4.78, 5) is 10.2. The predicted molar refractivity (Wildman–Crippen MR) is 77.1 cm³/mol. The van der Waals surface area contributed by atoms with Crippen LogP contribution in [0.1, 0.15) is 42.1 Å². The van der Waals surface area contributed by atoms with Gasteiger partial charge in [-0.3, -0.25) is 0 Å². The van der Waals surface area contributed by atoms with Crippen molar-refractivity contribution in [3.63, 3.8) is 0 Å². The zero-order valence-electron chi connectivity index (χ0n) is 11.1. The number of aryl methyl sites for hydroxylation is 2. The summed E-state index contributed by atoms with van der Waals surface area (Å²) in [6.45, 7) is 6.20. The molecule has 0 fully saturated rings. The highest BCUT2D eigenvalue weighted by Gasteiger charge is 2.13. The van der Waals surface area contributed by atoms with Crippen LogP contribution in [0.25, 0.3) is 0 Å². The van der Waals surface area contributed by atoms with Gasteiger partial charge in [0.2, 0.25) is 5.95 Å². The van der Waals surface area contributed by atoms with Gasteiger partial charge < -0.3 is 5.32 Å². The van der Waals surface area contributed by atoms with Crippen LogP contribution in [-0.4, -0.2) is 9.97 Å². The third kappa shape index (κ3) is 3.29. The van der Waals surface area contributed by atoms with E-state index in [-0.39, 0.29) is 0 Å². The van der Waals surface area contributed by atoms with Crippen LogP contribution in [0.2, 0.25) is 0 Å². The Kier molecular flexibility index (Phi) is 4.31. The molecule has 4 heteroatoms. The summed E-state index contributed by atoms with van der Waals surface area (Å²) >= 11 is 1.78. The third-order valence-corrected chi connectivity index (χ3v) is 3.74. The van der Waals surface area contributed by atoms with Gasteiger partial charge >= 0.3 is 0 Å². The first-order chi connectivity index (χ1) is 8.69. The first-order valence-electron chi connectivity index (χ1n) is 6.31. The molecule has 0 aliphatic rings. The molecule has 1 N–H and O–H groups in total. The van der Waals surface area contributed by atoms with Gasteiger partial charge in [0.15, 0.2) is 0 Å². The van der Waals surface area contributed by atoms with E-state index in [1.807, 2.05) is 19.9 Å². The fourth-order valence-electron chi connectivity index (χ4n) is 2.01. The normalized spacial score (nSPS) is 12.4. The quantitative estimate of drug-likeness (QED) is 0.880. The molecule has 18 heavy (non-hydrogen) atoms. The number of rotatable bonds is 5. The maximum absolute atomic E-state index is 4.45. The maximum Gasteiger partial charge on any atom is 0.223 e. The molecular weight excluding hydrogens is 242 g/mol. The monoisotopic (exact) mass is 261 g/mol. The van der Waals surface area contributed by atoms with Gasteiger partial charge in [-0.25, -0.2) is 9.97 Å². The van der Waals surface area contributed by atoms with Gasteiger partial charge in [-0.05, 0) is 37.8 Å². The summed E-state index contributed by atoms with van der Waals surface area (Å²) < 4.78 is 0. The van der Waals surface area contributed by atoms with E-state index < -0.39 is 0 Å². The van der Waals surface area contributed by atoms with E-state index in [1.54, 1.807) is 11.3 Å². The molecule has 0 aliphatic carbocycles. The van der Waals surface area contributed by atoms with Crippen LogP contribution in [-0.2, 0) is 0 Å². The average molecular weight is 261 g/mol. The van der Waals surface area contributed by atoms with Crippen LogP contribution in [0, 0.1) is 13.8 Å². The summed E-state index contributed by atoms with van der Waals surface area (Å²) in [5, 5.41) is 5.57. The van der Waals surface area contributed by atoms with Crippen LogP contribution < -0.4 is 5.32 Å². The fourth-order valence-corrected chi connectivity index (χ4v) is 2.82. The standard InChI is InChI=1S/C14H19N3S/c1-4-6-12(13-7-5-8-18-13)17-14-15-10(2)9-11(3)16-14/h5,7-9,12H,4,6H2,1-3H3,(H,15,16,17). The number of thiophene rings is 1. The molecule has 2 aromatic rings. The van der Waals surface area contributed by atoms with Gasteiger partial charge in [-0.15, -0.1) is 11.3 Å². The van der Waals surface area contributed by atoms with E-state index in [4.69, 9.17) is 0 Å². The number of hydrogen-bond acceptors (Lipinski definition) is 4. The van der Waals surface area contributed by atoms with Gasteiger partial charge in [0.05, 0.1) is 6.04 Å². The van der Waals surface area contributed by atoms with Gasteiger partial charge in [0.1, 0.15) is 0 Å². The van der Waals surface area contributed by atoms with Crippen molar-refractivity contribution in [3.8, 4) is 0 Å². The third-order valence-electron chi connectivity index (χ3n) is 2.75. The van der Waals surface area contributed by atoms with E-state index in [2.05, 4.69) is 39.7 Å². The summed E-state index contributed by atoms with van der Waals surface area (Å²) in [6, 6.07) is 6.56. The lowest BCUT2D eigenvalue weighted by atomic mass is 10.1. The Labute approximate surface area is 112 Å². The molecule has 0 saturated carbocycles. The molecule has 2 heterocycles. The SMILES string of the molecule is CCCC(Nc1nc(C)cc(C)n1)c1cccs1. The van der Waals surface area contributed by atoms with Crippen LogP contribution in [0.15, 0.2) is 23.6 Å². The highest BCUT2D eigenvalue weighted by molar-refractivity contribution is 7.10. The lowest BCUT2D eigenvalue weighted by molar-refractivity contribution is 0.679. The molecule has 0 aromatic carbocycles. The Morgan fingerprint density at radius 2 is 2.00 bits per heavy atom. The van der Waals surface area contributed by atoms with Gasteiger partial charge in [-0.1, -0.05) is 19.4 Å². The highest BCUT2D eigenvalue weighted by atomic mass is 32.1. The Morgan fingerprint density at radius 1 is 1.28 bits per heavy atom. The molecule has 96 valence electrons. The second kappa shape index (κ2) is 5.96. The van der Waals surface area contributed by atoms with Crippen LogP contribution >= 0.6 is 11.3 Å². The summed E-state index contributed by atoms with van der Waals surface area (Å²) in [5.74, 6) is 0.736. The number of hydrogen-bond donors (Lipinski definition) is 1. The molecule has 3 nitrogen and oxygen atoms in total. The summed E-state index contributed by atoms with van der Waals surface area (Å²) in [7, 11) is 0. The number of anilines is 1. The summed E-state index contributed by atoms with van der Waals surface area (Å²) in [5.41, 5.74) is 2.01. The molecule has 0 saturated heterocycles. The van der Waals surface area contributed by atoms with Crippen LogP contribution in [0.4, 0.5) is 5.95 Å². The molecular formula is C14H19N3S. The number of nitrogens with zero attached hydrogens (tertiary/aromatic N) is 2. The minimum atomic E-state index is 0.316. The van der Waals surface area contributed by atoms with Crippen molar-refractivity contribution >= 4 is 17.3 Å². The van der Waals surface area contributed by atoms with E-state index in [9.17, 15) is 0 Å². The topological polar surface area (TPSA) is 37.8 Å². The minimum absolute atomic E-state index is 0.316. The van der Waals surface area contributed by atoms with Crippen molar-refractivity contribution < 1.29 is 0 Å². The highest BCUT2D eigenvalue weighted by Crippen LogP contribution is 2.26. The molecule has 0 spiro atoms. The fraction of sp³-hybridized carbons (Fsp3) is 0.429. The van der Waals surface area contributed by atoms with Crippen molar-refractivity contribution in [3.05, 3.63) is 39.8 Å². The van der Waals surface area contributed by atoms with Crippen molar-refractivity contribution in [2.45, 2.75) is 39.7 Å². The maximum atomic E-state index is 4.45. The summed E-state index contributed by atoms with van der Waals surface area (Å²) in [6.07, 6.45) is 2.23. The average Bonchev–Trinajstić information content (AvgIpc) is 2.80. The van der Waals surface area contributed by atoms with E-state index in [0.717, 1.165) is 30.2 Å². The van der Waals surface area contributed by atoms with E-state index >= 15 is 0 Å². The predicted octanol–water partition coefficient (Wildman–Crippen LogP) is 4.11. The smallest absolute Gasteiger partial charge is 0.223 e. The minimum Gasteiger partial charge on any atom is -0.347 e. The van der Waals surface area contributed by atoms with Gasteiger partial charge in [-0.2, -0.15) is 0 Å². The largest absolute Gasteiger partial charge is 0.347 e. The molecule has 2 rings (SSSR count). The molecule has 0 amide bonds. The first-order valence-corrected chi connectivity index (χ1v) is 7.19. The number of nitrogens with one attached hydrogen (secondary N) is 1. The van der Waals surface area contributed by atoms with Crippen molar-refractivity contribution in [2.24, 2.45) is 0 Å². The Bertz CT molecular complexity index is 473. The second-order valence-corrected chi connectivity index (χ2v) is 5.45. The number of aromatic nitrogens is 2. The lowest BCUT2D eigenvalue weighted by Gasteiger charge is -2.17. The van der Waals surface area contributed by atoms with Gasteiger partial charge in [0.25, 0.3) is 0 Å². The van der Waals surface area contributed by atoms with Crippen molar-refractivity contribution in [1.82, 2.24) is 9.97 Å². The zero-order valence-corrected chi connectivity index (χ0v) is 11.9. The first kappa shape index (κ1) is 13.0. The lowest BCUT2D eigenvalue weighted by Crippen LogP contribution is -2.12. The van der Waals surface area contributed by atoms with Crippen molar-refractivity contribution in [2.75, 3.05) is 5.32 Å². The van der Waals surface area contributed by atoms with E-state index in [1.165, 1.54) is 4.88 Å². The molecule has 0 aliphatic heterocycles. The Hall–Kier alpha value is -1.42. The van der Waals surface area contributed by atoms with Crippen LogP contribution in [0.5, 0.6) is 0 Å². The molecule has 0 bridgehead atoms. The Balaban J connectivity index is 2.18. The van der Waals surface area contributed by atoms with E-state index in [0.29, 0.717) is 6.04 Å². The molecule has 1 unspecified atom stereocenters. The van der Waals surface area contributed by atoms with Gasteiger partial charge in [0, 0.05) is 16.3 Å². The zero-order chi connectivity index (χ0) is 13.0. The van der Waals surface area contributed by atoms with Crippen LogP contribution in [0.3, 0.4) is 0 Å². The molecule has 1 atom stereocenters.